The zero-order valence-electron chi connectivity index (χ0n) is 24.6. The molecule has 0 radical (unpaired) electrons. The molecule has 4 atom stereocenters. The first-order chi connectivity index (χ1) is 21.3. The molecule has 3 heterocycles. The number of aryl methyl sites for hydroxylation is 1. The number of nitrogens with zero attached hydrogens (tertiary/aromatic N) is 2. The van der Waals surface area contributed by atoms with Gasteiger partial charge in [-0.1, -0.05) is 35.9 Å². The Morgan fingerprint density at radius 3 is 2.70 bits per heavy atom. The second-order valence-corrected chi connectivity index (χ2v) is 14.3. The highest BCUT2D eigenvalue weighted by Crippen LogP contribution is 2.41. The van der Waals surface area contributed by atoms with E-state index in [0.717, 1.165) is 55.5 Å². The number of hydrogen-bond acceptors (Lipinski definition) is 7. The first-order valence-electron chi connectivity index (χ1n) is 15.4. The Morgan fingerprint density at radius 1 is 1.02 bits per heavy atom. The molecule has 0 saturated heterocycles. The number of amides is 1. The minimum atomic E-state index is -4.14. The summed E-state index contributed by atoms with van der Waals surface area (Å²) in [6.07, 6.45) is 9.88. The van der Waals surface area contributed by atoms with Gasteiger partial charge in [0.1, 0.15) is 17.6 Å². The van der Waals surface area contributed by atoms with Crippen LogP contribution < -0.4 is 14.4 Å². The van der Waals surface area contributed by atoms with E-state index in [1.807, 2.05) is 24.3 Å². The Hall–Kier alpha value is -3.40. The summed E-state index contributed by atoms with van der Waals surface area (Å²) in [5, 5.41) is 10.8. The molecule has 1 aromatic heterocycles. The largest absolute Gasteiger partial charge is 0.487 e. The SMILES string of the molecule is O=C1NS(=O)(=O)C(c2ccccn2)CC/C=C/C(O)[C@@H]2CC[C@H]2CN2CCCCc3cc(Cl)ccc3COc3ccc1cc32. The van der Waals surface area contributed by atoms with Gasteiger partial charge in [0.05, 0.1) is 17.5 Å². The van der Waals surface area contributed by atoms with Crippen molar-refractivity contribution < 1.29 is 23.1 Å². The lowest BCUT2D eigenvalue weighted by molar-refractivity contribution is 0.0461. The summed E-state index contributed by atoms with van der Waals surface area (Å²) < 4.78 is 36.0. The molecule has 44 heavy (non-hydrogen) atoms. The maximum absolute atomic E-state index is 13.6. The fourth-order valence-corrected chi connectivity index (χ4v) is 8.16. The fraction of sp³-hybridized carbons (Fsp3) is 0.412. The summed E-state index contributed by atoms with van der Waals surface area (Å²) in [7, 11) is -4.14. The smallest absolute Gasteiger partial charge is 0.264 e. The molecule has 2 N–H and O–H groups in total. The lowest BCUT2D eigenvalue weighted by Crippen LogP contribution is -2.43. The van der Waals surface area contributed by atoms with Crippen molar-refractivity contribution in [2.45, 2.75) is 62.9 Å². The van der Waals surface area contributed by atoms with E-state index in [1.54, 1.807) is 48.7 Å². The van der Waals surface area contributed by atoms with E-state index in [1.165, 1.54) is 0 Å². The maximum Gasteiger partial charge on any atom is 0.264 e. The summed E-state index contributed by atoms with van der Waals surface area (Å²) in [5.74, 6) is 0.309. The van der Waals surface area contributed by atoms with E-state index in [2.05, 4.69) is 14.6 Å². The van der Waals surface area contributed by atoms with Gasteiger partial charge >= 0.3 is 0 Å². The van der Waals surface area contributed by atoms with Crippen LogP contribution in [-0.2, 0) is 23.1 Å². The van der Waals surface area contributed by atoms with Crippen molar-refractivity contribution in [3.8, 4) is 5.75 Å². The van der Waals surface area contributed by atoms with Crippen LogP contribution in [0, 0.1) is 11.8 Å². The van der Waals surface area contributed by atoms with Crippen molar-refractivity contribution in [2.75, 3.05) is 18.0 Å². The van der Waals surface area contributed by atoms with Gasteiger partial charge in [-0.25, -0.2) is 13.1 Å². The number of fused-ring (bicyclic) bond motifs is 3. The van der Waals surface area contributed by atoms with E-state index >= 15 is 0 Å². The second kappa shape index (κ2) is 13.3. The second-order valence-electron chi connectivity index (χ2n) is 12.0. The predicted octanol–water partition coefficient (Wildman–Crippen LogP) is 5.99. The van der Waals surface area contributed by atoms with Crippen LogP contribution in [0.4, 0.5) is 5.69 Å². The van der Waals surface area contributed by atoms with Crippen molar-refractivity contribution >= 4 is 33.2 Å². The van der Waals surface area contributed by atoms with Crippen LogP contribution in [0.25, 0.3) is 0 Å². The number of anilines is 1. The molecular formula is C34H38ClN3O5S. The normalized spacial score (nSPS) is 26.4. The Morgan fingerprint density at radius 2 is 1.91 bits per heavy atom. The Balaban J connectivity index is 1.39. The molecule has 0 spiro atoms. The standard InChI is InChI=1S/C34H38ClN3O5S/c35-27-14-11-26-22-43-32-16-13-24-20-30(32)38(18-6-4-7-23(26)19-27)21-25-12-15-28(25)31(39)9-1-2-10-33(29-8-3-5-17-36-29)44(41,42)37-34(24)40/h1,3,5,8-9,11,13-14,16-17,19-20,25,28,31,33,39H,2,4,6-7,10,12,15,18,21-22H2,(H,37,40)/b9-1+/t25-,28+,31?,33?/m0/s1. The summed E-state index contributed by atoms with van der Waals surface area (Å²) in [5.41, 5.74) is 3.57. The minimum Gasteiger partial charge on any atom is -0.487 e. The highest BCUT2D eigenvalue weighted by atomic mass is 35.5. The number of ether oxygens (including phenoxy) is 1. The molecule has 232 valence electrons. The highest BCUT2D eigenvalue weighted by Gasteiger charge is 2.37. The van der Waals surface area contributed by atoms with Crippen LogP contribution in [0.2, 0.25) is 5.02 Å². The zero-order valence-corrected chi connectivity index (χ0v) is 26.1. The molecule has 2 aromatic carbocycles. The number of carbonyl (C=O) groups excluding carboxylic acids is 1. The van der Waals surface area contributed by atoms with E-state index in [9.17, 15) is 18.3 Å². The third kappa shape index (κ3) is 6.80. The quantitative estimate of drug-likeness (QED) is 0.316. The molecule has 3 aliphatic rings. The molecule has 2 aliphatic heterocycles. The maximum atomic E-state index is 13.6. The molecular weight excluding hydrogens is 598 g/mol. The molecule has 2 unspecified atom stereocenters. The third-order valence-electron chi connectivity index (χ3n) is 9.16. The van der Waals surface area contributed by atoms with Crippen LogP contribution in [-0.4, -0.2) is 43.6 Å². The number of allylic oxidation sites excluding steroid dienone is 1. The number of aromatic nitrogens is 1. The lowest BCUT2D eigenvalue weighted by atomic mass is 9.70. The van der Waals surface area contributed by atoms with Gasteiger partial charge in [-0.15, -0.1) is 0 Å². The van der Waals surface area contributed by atoms with Gasteiger partial charge in [-0.3, -0.25) is 9.78 Å². The van der Waals surface area contributed by atoms with Gasteiger partial charge in [-0.2, -0.15) is 0 Å². The molecule has 1 aliphatic carbocycles. The van der Waals surface area contributed by atoms with E-state index in [-0.39, 0.29) is 23.8 Å². The third-order valence-corrected chi connectivity index (χ3v) is 11.1. The molecule has 1 fully saturated rings. The van der Waals surface area contributed by atoms with Gasteiger partial charge in [-0.05, 0) is 110 Å². The van der Waals surface area contributed by atoms with Gasteiger partial charge in [0.2, 0.25) is 10.0 Å². The first kappa shape index (κ1) is 30.6. The zero-order chi connectivity index (χ0) is 30.7. The van der Waals surface area contributed by atoms with E-state index in [0.29, 0.717) is 36.0 Å². The average molecular weight is 636 g/mol. The monoisotopic (exact) mass is 635 g/mol. The van der Waals surface area contributed by atoms with Gasteiger partial charge in [0, 0.05) is 29.9 Å². The van der Waals surface area contributed by atoms with Crippen molar-refractivity contribution in [3.63, 3.8) is 0 Å². The topological polar surface area (TPSA) is 109 Å². The molecule has 8 nitrogen and oxygen atoms in total. The number of sulfonamides is 1. The number of hydrogen-bond donors (Lipinski definition) is 2. The summed E-state index contributed by atoms with van der Waals surface area (Å²) >= 11 is 6.31. The molecule has 1 saturated carbocycles. The molecule has 6 rings (SSSR count). The van der Waals surface area contributed by atoms with Gasteiger partial charge < -0.3 is 14.7 Å². The Kier molecular flexibility index (Phi) is 9.26. The van der Waals surface area contributed by atoms with Crippen LogP contribution in [0.15, 0.2) is 72.9 Å². The highest BCUT2D eigenvalue weighted by molar-refractivity contribution is 7.90. The fourth-order valence-electron chi connectivity index (χ4n) is 6.55. The average Bonchev–Trinajstić information content (AvgIpc) is 3.02. The first-order valence-corrected chi connectivity index (χ1v) is 17.3. The van der Waals surface area contributed by atoms with Crippen LogP contribution in [0.3, 0.4) is 0 Å². The van der Waals surface area contributed by atoms with Crippen LogP contribution in [0.5, 0.6) is 5.75 Å². The van der Waals surface area contributed by atoms with Crippen molar-refractivity contribution in [1.82, 2.24) is 9.71 Å². The summed E-state index contributed by atoms with van der Waals surface area (Å²) in [6.45, 7) is 1.77. The minimum absolute atomic E-state index is 0.106. The summed E-state index contributed by atoms with van der Waals surface area (Å²) in [4.78, 5) is 20.1. The van der Waals surface area contributed by atoms with Crippen molar-refractivity contribution in [2.24, 2.45) is 11.8 Å². The van der Waals surface area contributed by atoms with Crippen molar-refractivity contribution in [3.05, 3.63) is 100 Å². The van der Waals surface area contributed by atoms with Gasteiger partial charge in [0.15, 0.2) is 0 Å². The summed E-state index contributed by atoms with van der Waals surface area (Å²) in [6, 6.07) is 16.1. The number of benzene rings is 2. The number of pyridine rings is 1. The van der Waals surface area contributed by atoms with Gasteiger partial charge in [0.25, 0.3) is 5.91 Å². The molecule has 2 bridgehead atoms. The number of aliphatic hydroxyl groups excluding tert-OH is 1. The van der Waals surface area contributed by atoms with Crippen LogP contribution in [0.1, 0.15) is 71.0 Å². The Bertz CT molecular complexity index is 1630. The molecule has 3 aromatic rings. The number of halogens is 1. The van der Waals surface area contributed by atoms with E-state index in [4.69, 9.17) is 16.3 Å². The predicted molar refractivity (Wildman–Crippen MR) is 171 cm³/mol. The van der Waals surface area contributed by atoms with E-state index < -0.39 is 27.3 Å². The number of rotatable bonds is 1. The molecule has 1 amide bonds. The van der Waals surface area contributed by atoms with Crippen LogP contribution >= 0.6 is 11.6 Å². The van der Waals surface area contributed by atoms with Crippen molar-refractivity contribution in [1.29, 1.82) is 0 Å². The number of carbonyl (C=O) groups is 1. The number of nitrogens with one attached hydrogen (secondary N) is 1. The Labute approximate surface area is 264 Å². The lowest BCUT2D eigenvalue weighted by Gasteiger charge is -2.42. The number of aliphatic hydroxyl groups is 1. The molecule has 10 heteroatoms.